The van der Waals surface area contributed by atoms with Gasteiger partial charge in [-0.3, -0.25) is 4.79 Å². The molecule has 0 unspecified atom stereocenters. The number of hydrogen-bond donors (Lipinski definition) is 0. The summed E-state index contributed by atoms with van der Waals surface area (Å²) in [6.45, 7) is 5.64. The lowest BCUT2D eigenvalue weighted by Crippen LogP contribution is -2.15. The van der Waals surface area contributed by atoms with Crippen LogP contribution in [0.25, 0.3) is 5.57 Å². The van der Waals surface area contributed by atoms with E-state index in [2.05, 4.69) is 24.3 Å². The van der Waals surface area contributed by atoms with Crippen LogP contribution in [0.4, 0.5) is 0 Å². The lowest BCUT2D eigenvalue weighted by atomic mass is 9.98. The second-order valence-electron chi connectivity index (χ2n) is 5.20. The molecule has 2 rings (SSSR count). The standard InChI is InChI=1S/C17H20O2/c1-12(2)17(18)19-16-11-15(10-9-13(16)3)14-7-5-4-6-8-14/h5,7-12H,4,6H2,1-3H3. The second kappa shape index (κ2) is 5.87. The van der Waals surface area contributed by atoms with Crippen molar-refractivity contribution >= 4 is 11.5 Å². The van der Waals surface area contributed by atoms with Crippen molar-refractivity contribution in [1.82, 2.24) is 0 Å². The maximum absolute atomic E-state index is 11.7. The molecule has 0 N–H and O–H groups in total. The fraction of sp³-hybridized carbons (Fsp3) is 0.353. The molecule has 1 aromatic carbocycles. The first kappa shape index (κ1) is 13.6. The van der Waals surface area contributed by atoms with Crippen LogP contribution >= 0.6 is 0 Å². The Kier molecular flexibility index (Phi) is 4.20. The third kappa shape index (κ3) is 3.34. The van der Waals surface area contributed by atoms with Gasteiger partial charge in [0.15, 0.2) is 0 Å². The van der Waals surface area contributed by atoms with Crippen molar-refractivity contribution in [3.63, 3.8) is 0 Å². The van der Waals surface area contributed by atoms with Crippen LogP contribution in [0.3, 0.4) is 0 Å². The molecule has 0 aromatic heterocycles. The third-order valence-corrected chi connectivity index (χ3v) is 3.20. The van der Waals surface area contributed by atoms with Gasteiger partial charge in [-0.05, 0) is 42.5 Å². The van der Waals surface area contributed by atoms with Crippen LogP contribution in [0.5, 0.6) is 5.75 Å². The molecular formula is C17H20O2. The summed E-state index contributed by atoms with van der Waals surface area (Å²) in [5, 5.41) is 0. The summed E-state index contributed by atoms with van der Waals surface area (Å²) in [5.41, 5.74) is 3.29. The number of carbonyl (C=O) groups is 1. The van der Waals surface area contributed by atoms with Gasteiger partial charge in [-0.25, -0.2) is 0 Å². The molecule has 1 aliphatic rings. The van der Waals surface area contributed by atoms with Crippen LogP contribution in [0, 0.1) is 12.8 Å². The molecule has 0 aliphatic heterocycles. The second-order valence-corrected chi connectivity index (χ2v) is 5.20. The zero-order chi connectivity index (χ0) is 13.8. The summed E-state index contributed by atoms with van der Waals surface area (Å²) >= 11 is 0. The van der Waals surface area contributed by atoms with E-state index in [9.17, 15) is 4.79 Å². The summed E-state index contributed by atoms with van der Waals surface area (Å²) < 4.78 is 5.45. The highest BCUT2D eigenvalue weighted by molar-refractivity contribution is 5.78. The van der Waals surface area contributed by atoms with E-state index in [1.54, 1.807) is 0 Å². The summed E-state index contributed by atoms with van der Waals surface area (Å²) in [6.07, 6.45) is 8.70. The van der Waals surface area contributed by atoms with Crippen LogP contribution in [-0.4, -0.2) is 5.97 Å². The van der Waals surface area contributed by atoms with Crippen molar-refractivity contribution < 1.29 is 9.53 Å². The average Bonchev–Trinajstić information content (AvgIpc) is 2.42. The molecule has 0 amide bonds. The molecule has 0 saturated heterocycles. The summed E-state index contributed by atoms with van der Waals surface area (Å²) in [7, 11) is 0. The van der Waals surface area contributed by atoms with Crippen LogP contribution in [-0.2, 0) is 4.79 Å². The van der Waals surface area contributed by atoms with Gasteiger partial charge in [0.05, 0.1) is 5.92 Å². The van der Waals surface area contributed by atoms with Gasteiger partial charge in [0.1, 0.15) is 5.75 Å². The SMILES string of the molecule is Cc1ccc(C2=CCCC=C2)cc1OC(=O)C(C)C. The monoisotopic (exact) mass is 256 g/mol. The van der Waals surface area contributed by atoms with E-state index in [4.69, 9.17) is 4.74 Å². The minimum absolute atomic E-state index is 0.114. The zero-order valence-corrected chi connectivity index (χ0v) is 11.8. The third-order valence-electron chi connectivity index (χ3n) is 3.20. The molecule has 1 aliphatic carbocycles. The minimum Gasteiger partial charge on any atom is -0.426 e. The molecule has 0 fully saturated rings. The predicted molar refractivity (Wildman–Crippen MR) is 78.0 cm³/mol. The Morgan fingerprint density at radius 3 is 2.68 bits per heavy atom. The molecule has 0 saturated carbocycles. The Labute approximate surface area is 114 Å². The fourth-order valence-electron chi connectivity index (χ4n) is 1.94. The number of rotatable bonds is 3. The Morgan fingerprint density at radius 2 is 2.05 bits per heavy atom. The van der Waals surface area contributed by atoms with Gasteiger partial charge in [-0.2, -0.15) is 0 Å². The molecule has 2 nitrogen and oxygen atoms in total. The van der Waals surface area contributed by atoms with Crippen molar-refractivity contribution in [1.29, 1.82) is 0 Å². The molecule has 0 spiro atoms. The molecule has 19 heavy (non-hydrogen) atoms. The molecule has 0 atom stereocenters. The molecule has 1 aromatic rings. The van der Waals surface area contributed by atoms with Gasteiger partial charge in [0, 0.05) is 0 Å². The predicted octanol–water partition coefficient (Wildman–Crippen LogP) is 4.29. The van der Waals surface area contributed by atoms with Crippen molar-refractivity contribution in [2.24, 2.45) is 5.92 Å². The van der Waals surface area contributed by atoms with Crippen molar-refractivity contribution in [3.8, 4) is 5.75 Å². The van der Waals surface area contributed by atoms with Crippen molar-refractivity contribution in [2.45, 2.75) is 33.6 Å². The lowest BCUT2D eigenvalue weighted by Gasteiger charge is -2.13. The van der Waals surface area contributed by atoms with Crippen molar-refractivity contribution in [3.05, 3.63) is 47.6 Å². The Bertz CT molecular complexity index is 536. The van der Waals surface area contributed by atoms with E-state index in [0.717, 1.165) is 24.0 Å². The maximum Gasteiger partial charge on any atom is 0.313 e. The summed E-state index contributed by atoms with van der Waals surface area (Å²) in [5.74, 6) is 0.362. The molecule has 2 heteroatoms. The highest BCUT2D eigenvalue weighted by Crippen LogP contribution is 2.27. The molecule has 100 valence electrons. The molecule has 0 bridgehead atoms. The van der Waals surface area contributed by atoms with E-state index in [0.29, 0.717) is 5.75 Å². The highest BCUT2D eigenvalue weighted by atomic mass is 16.5. The van der Waals surface area contributed by atoms with Gasteiger partial charge < -0.3 is 4.74 Å². The zero-order valence-electron chi connectivity index (χ0n) is 11.8. The molecule has 0 radical (unpaired) electrons. The molecular weight excluding hydrogens is 236 g/mol. The van der Waals surface area contributed by atoms with Crippen molar-refractivity contribution in [2.75, 3.05) is 0 Å². The topological polar surface area (TPSA) is 26.3 Å². The summed E-state index contributed by atoms with van der Waals surface area (Å²) in [6, 6.07) is 6.03. The van der Waals surface area contributed by atoms with Gasteiger partial charge in [0.25, 0.3) is 0 Å². The number of ether oxygens (including phenoxy) is 1. The normalized spacial score (nSPS) is 14.4. The number of benzene rings is 1. The number of allylic oxidation sites excluding steroid dienone is 4. The quantitative estimate of drug-likeness (QED) is 0.595. The first-order valence-electron chi connectivity index (χ1n) is 6.77. The van der Waals surface area contributed by atoms with Crippen LogP contribution < -0.4 is 4.74 Å². The highest BCUT2D eigenvalue weighted by Gasteiger charge is 2.12. The van der Waals surface area contributed by atoms with E-state index in [1.165, 1.54) is 5.57 Å². The van der Waals surface area contributed by atoms with Gasteiger partial charge in [0.2, 0.25) is 0 Å². The fourth-order valence-corrected chi connectivity index (χ4v) is 1.94. The smallest absolute Gasteiger partial charge is 0.313 e. The number of hydrogen-bond acceptors (Lipinski definition) is 2. The van der Waals surface area contributed by atoms with Crippen LogP contribution in [0.1, 0.15) is 37.8 Å². The lowest BCUT2D eigenvalue weighted by molar-refractivity contribution is -0.137. The van der Waals surface area contributed by atoms with E-state index in [1.807, 2.05) is 32.9 Å². The Hall–Kier alpha value is -1.83. The maximum atomic E-state index is 11.7. The van der Waals surface area contributed by atoms with Gasteiger partial charge >= 0.3 is 5.97 Å². The first-order valence-corrected chi connectivity index (χ1v) is 6.77. The van der Waals surface area contributed by atoms with Gasteiger partial charge in [-0.1, -0.05) is 44.2 Å². The number of carbonyl (C=O) groups excluding carboxylic acids is 1. The number of esters is 1. The first-order chi connectivity index (χ1) is 9.08. The molecule has 0 heterocycles. The van der Waals surface area contributed by atoms with Gasteiger partial charge in [-0.15, -0.1) is 0 Å². The van der Waals surface area contributed by atoms with E-state index >= 15 is 0 Å². The van der Waals surface area contributed by atoms with Crippen LogP contribution in [0.2, 0.25) is 0 Å². The average molecular weight is 256 g/mol. The minimum atomic E-state index is -0.187. The Morgan fingerprint density at radius 1 is 1.26 bits per heavy atom. The summed E-state index contributed by atoms with van der Waals surface area (Å²) in [4.78, 5) is 11.7. The largest absolute Gasteiger partial charge is 0.426 e. The number of aryl methyl sites for hydroxylation is 1. The van der Waals surface area contributed by atoms with E-state index in [-0.39, 0.29) is 11.9 Å². The Balaban J connectivity index is 2.27. The van der Waals surface area contributed by atoms with Crippen LogP contribution in [0.15, 0.2) is 36.4 Å². The van der Waals surface area contributed by atoms with E-state index < -0.39 is 0 Å².